The summed E-state index contributed by atoms with van der Waals surface area (Å²) >= 11 is 0. The van der Waals surface area contributed by atoms with E-state index in [1.165, 1.54) is 30.4 Å². The standard InChI is InChI=1S/C44H60N2O3/c1-29(2)34-19-23-44(40(49)46-27-20-31-10-8-26-45-28-31)25-24-43(7)37(38(34)44)18-17-35-30(3)11-16-36(32-12-14-33(15-13-32)39(47)48)41(4,5)21-9-22-42(35,43)6/h8,10,12-16,26,28,30,34-35,37-38H,1,9,11,17-25,27H2,2-7H3,(H,46,49)(H,47,48). The SMILES string of the molecule is C=C(C)C1CCC2(C(=O)NCCc3cccnc3)CCC3(C)C(CCC4C(C)CC=C(c5ccc(C(=O)O)cc5)C(C)(C)CCCC43C)C12. The predicted molar refractivity (Wildman–Crippen MR) is 199 cm³/mol. The van der Waals surface area contributed by atoms with E-state index in [0.29, 0.717) is 41.7 Å². The van der Waals surface area contributed by atoms with Crippen molar-refractivity contribution < 1.29 is 14.7 Å². The Hall–Kier alpha value is -3.21. The summed E-state index contributed by atoms with van der Waals surface area (Å²) < 4.78 is 0. The number of hydrogen-bond acceptors (Lipinski definition) is 3. The van der Waals surface area contributed by atoms with Gasteiger partial charge in [0.2, 0.25) is 5.91 Å². The van der Waals surface area contributed by atoms with Gasteiger partial charge in [-0.25, -0.2) is 4.79 Å². The third-order valence-corrected chi connectivity index (χ3v) is 14.8. The van der Waals surface area contributed by atoms with E-state index in [-0.39, 0.29) is 27.6 Å². The molecule has 5 heteroatoms. The van der Waals surface area contributed by atoms with Gasteiger partial charge in [-0.05, 0) is 152 Å². The lowest BCUT2D eigenvalue weighted by molar-refractivity contribution is -0.183. The highest BCUT2D eigenvalue weighted by atomic mass is 16.4. The molecule has 0 saturated heterocycles. The summed E-state index contributed by atoms with van der Waals surface area (Å²) in [7, 11) is 0. The first kappa shape index (κ1) is 35.6. The molecule has 5 nitrogen and oxygen atoms in total. The number of aromatic nitrogens is 1. The molecule has 1 aromatic heterocycles. The normalized spacial score (nSPS) is 35.6. The number of carbonyl (C=O) groups excluding carboxylic acids is 1. The zero-order valence-electron chi connectivity index (χ0n) is 31.0. The lowest BCUT2D eigenvalue weighted by Gasteiger charge is -2.66. The van der Waals surface area contributed by atoms with Crippen molar-refractivity contribution in [3.8, 4) is 0 Å². The molecule has 0 bridgehead atoms. The van der Waals surface area contributed by atoms with Gasteiger partial charge in [0.1, 0.15) is 0 Å². The minimum Gasteiger partial charge on any atom is -0.478 e. The van der Waals surface area contributed by atoms with Crippen LogP contribution in [0.3, 0.4) is 0 Å². The fourth-order valence-electron chi connectivity index (χ4n) is 11.9. The number of fused-ring (bicyclic) bond motifs is 5. The molecule has 0 spiro atoms. The van der Waals surface area contributed by atoms with Gasteiger partial charge in [-0.15, -0.1) is 0 Å². The van der Waals surface area contributed by atoms with E-state index in [2.05, 4.69) is 70.6 Å². The summed E-state index contributed by atoms with van der Waals surface area (Å²) in [4.78, 5) is 30.2. The molecule has 8 unspecified atom stereocenters. The first-order chi connectivity index (χ1) is 23.2. The van der Waals surface area contributed by atoms with Crippen LogP contribution in [0.5, 0.6) is 0 Å². The average molecular weight is 665 g/mol. The Bertz CT molecular complexity index is 1580. The largest absolute Gasteiger partial charge is 0.478 e. The van der Waals surface area contributed by atoms with Gasteiger partial charge in [0.25, 0.3) is 0 Å². The third-order valence-electron chi connectivity index (χ3n) is 14.8. The van der Waals surface area contributed by atoms with Crippen molar-refractivity contribution in [1.82, 2.24) is 10.3 Å². The van der Waals surface area contributed by atoms with Crippen molar-refractivity contribution in [3.63, 3.8) is 0 Å². The van der Waals surface area contributed by atoms with Crippen molar-refractivity contribution in [3.05, 3.63) is 83.7 Å². The Kier molecular flexibility index (Phi) is 9.80. The molecule has 1 aromatic carbocycles. The lowest BCUT2D eigenvalue weighted by atomic mass is 9.38. The molecule has 2 N–H and O–H groups in total. The summed E-state index contributed by atoms with van der Waals surface area (Å²) in [6.07, 6.45) is 18.1. The van der Waals surface area contributed by atoms with E-state index in [9.17, 15) is 14.7 Å². The van der Waals surface area contributed by atoms with Gasteiger partial charge in [-0.1, -0.05) is 77.5 Å². The Balaban J connectivity index is 1.28. The summed E-state index contributed by atoms with van der Waals surface area (Å²) in [5, 5.41) is 12.9. The smallest absolute Gasteiger partial charge is 0.335 e. The highest BCUT2D eigenvalue weighted by Gasteiger charge is 2.68. The van der Waals surface area contributed by atoms with Crippen molar-refractivity contribution in [1.29, 1.82) is 0 Å². The predicted octanol–water partition coefficient (Wildman–Crippen LogP) is 10.2. The van der Waals surface area contributed by atoms with Crippen LogP contribution in [-0.4, -0.2) is 28.5 Å². The van der Waals surface area contributed by atoms with Gasteiger partial charge in [-0.3, -0.25) is 9.78 Å². The summed E-state index contributed by atoms with van der Waals surface area (Å²) in [6, 6.07) is 11.6. The Morgan fingerprint density at radius 1 is 0.939 bits per heavy atom. The second-order valence-electron chi connectivity index (χ2n) is 17.6. The molecule has 3 fully saturated rings. The van der Waals surface area contributed by atoms with Gasteiger partial charge >= 0.3 is 5.97 Å². The van der Waals surface area contributed by atoms with Gasteiger partial charge in [0.05, 0.1) is 11.0 Å². The van der Waals surface area contributed by atoms with Crippen molar-refractivity contribution in [2.24, 2.45) is 51.2 Å². The highest BCUT2D eigenvalue weighted by Crippen LogP contribution is 2.73. The second-order valence-corrected chi connectivity index (χ2v) is 17.6. The zero-order valence-corrected chi connectivity index (χ0v) is 31.0. The van der Waals surface area contributed by atoms with Crippen LogP contribution < -0.4 is 5.32 Å². The second kappa shape index (κ2) is 13.5. The van der Waals surface area contributed by atoms with Crippen LogP contribution in [0.25, 0.3) is 5.57 Å². The first-order valence-electron chi connectivity index (χ1n) is 19.1. The Morgan fingerprint density at radius 3 is 2.33 bits per heavy atom. The summed E-state index contributed by atoms with van der Waals surface area (Å²) in [6.45, 7) is 19.9. The number of aromatic carboxylic acids is 1. The number of hydrogen-bond donors (Lipinski definition) is 2. The molecule has 49 heavy (non-hydrogen) atoms. The number of allylic oxidation sites excluding steroid dienone is 3. The molecule has 264 valence electrons. The molecule has 3 saturated carbocycles. The summed E-state index contributed by atoms with van der Waals surface area (Å²) in [5.74, 6) is 1.83. The lowest BCUT2D eigenvalue weighted by Crippen LogP contribution is -2.62. The van der Waals surface area contributed by atoms with E-state index >= 15 is 0 Å². The number of nitrogens with one attached hydrogen (secondary N) is 1. The molecule has 1 amide bonds. The first-order valence-corrected chi connectivity index (χ1v) is 19.1. The molecule has 0 aliphatic heterocycles. The maximum Gasteiger partial charge on any atom is 0.335 e. The van der Waals surface area contributed by atoms with Crippen LogP contribution >= 0.6 is 0 Å². The Morgan fingerprint density at radius 2 is 1.65 bits per heavy atom. The van der Waals surface area contributed by atoms with E-state index in [1.807, 2.05) is 24.4 Å². The monoisotopic (exact) mass is 664 g/mol. The minimum atomic E-state index is -0.878. The quantitative estimate of drug-likeness (QED) is 0.289. The van der Waals surface area contributed by atoms with Crippen LogP contribution in [0.15, 0.2) is 67.0 Å². The summed E-state index contributed by atoms with van der Waals surface area (Å²) in [5.41, 5.74) is 5.30. The van der Waals surface area contributed by atoms with E-state index in [0.717, 1.165) is 62.5 Å². The number of nitrogens with zero attached hydrogens (tertiary/aromatic N) is 1. The molecule has 2 aromatic rings. The number of pyridine rings is 1. The van der Waals surface area contributed by atoms with Crippen molar-refractivity contribution >= 4 is 17.4 Å². The third kappa shape index (κ3) is 6.22. The van der Waals surface area contributed by atoms with Crippen LogP contribution in [0, 0.1) is 51.2 Å². The highest BCUT2D eigenvalue weighted by molar-refractivity contribution is 5.88. The average Bonchev–Trinajstić information content (AvgIpc) is 3.47. The molecule has 4 aliphatic carbocycles. The molecule has 6 rings (SSSR count). The molecular weight excluding hydrogens is 604 g/mol. The molecule has 1 heterocycles. The fraction of sp³-hybridized carbons (Fsp3) is 0.614. The minimum absolute atomic E-state index is 0.0191. The fourth-order valence-corrected chi connectivity index (χ4v) is 11.9. The number of carboxylic acid groups (broad SMARTS) is 1. The maximum absolute atomic E-state index is 14.4. The number of rotatable bonds is 7. The van der Waals surface area contributed by atoms with Crippen LogP contribution in [0.4, 0.5) is 0 Å². The maximum atomic E-state index is 14.4. The topological polar surface area (TPSA) is 79.3 Å². The number of amides is 1. The number of benzene rings is 1. The van der Waals surface area contributed by atoms with Crippen LogP contribution in [-0.2, 0) is 11.2 Å². The molecule has 0 radical (unpaired) electrons. The van der Waals surface area contributed by atoms with Gasteiger partial charge in [0.15, 0.2) is 0 Å². The van der Waals surface area contributed by atoms with Crippen LogP contribution in [0.2, 0.25) is 0 Å². The Labute approximate surface area is 295 Å². The molecular formula is C44H60N2O3. The molecule has 4 aliphatic rings. The van der Waals surface area contributed by atoms with Crippen LogP contribution in [0.1, 0.15) is 127 Å². The van der Waals surface area contributed by atoms with Gasteiger partial charge in [0, 0.05) is 18.9 Å². The van der Waals surface area contributed by atoms with E-state index < -0.39 is 5.97 Å². The zero-order chi connectivity index (χ0) is 35.2. The van der Waals surface area contributed by atoms with Gasteiger partial charge < -0.3 is 10.4 Å². The van der Waals surface area contributed by atoms with Crippen molar-refractivity contribution in [2.45, 2.75) is 112 Å². The number of carboxylic acids is 1. The number of carbonyl (C=O) groups is 2. The van der Waals surface area contributed by atoms with Gasteiger partial charge in [-0.2, -0.15) is 0 Å². The van der Waals surface area contributed by atoms with Crippen molar-refractivity contribution in [2.75, 3.05) is 6.54 Å². The van der Waals surface area contributed by atoms with E-state index in [1.54, 1.807) is 18.3 Å². The van der Waals surface area contributed by atoms with E-state index in [4.69, 9.17) is 0 Å². The molecule has 8 atom stereocenters.